The number of fused-ring (bicyclic) bond motifs is 6. The van der Waals surface area contributed by atoms with Gasteiger partial charge in [-0.15, -0.1) is 0 Å². The molecule has 0 N–H and O–H groups in total. The number of hydrogen-bond donors (Lipinski definition) is 0. The molecule has 12 rings (SSSR count). The largest absolute Gasteiger partial charge is 0.454 e. The summed E-state index contributed by atoms with van der Waals surface area (Å²) in [5.74, 6) is 0. The summed E-state index contributed by atoms with van der Waals surface area (Å²) in [6.45, 7) is 13.1. The second-order valence-electron chi connectivity index (χ2n) is 17.4. The first kappa shape index (κ1) is 36.3. The summed E-state index contributed by atoms with van der Waals surface area (Å²) < 4.78 is 13.6. The summed E-state index contributed by atoms with van der Waals surface area (Å²) in [4.78, 5) is 4.89. The van der Waals surface area contributed by atoms with Gasteiger partial charge >= 0.3 is 0 Å². The van der Waals surface area contributed by atoms with Gasteiger partial charge in [-0.3, -0.25) is 0 Å². The number of para-hydroxylation sites is 2. The third-order valence-electron chi connectivity index (χ3n) is 12.9. The van der Waals surface area contributed by atoms with E-state index < -0.39 is 0 Å². The van der Waals surface area contributed by atoms with Crippen molar-refractivity contribution in [1.82, 2.24) is 0 Å². The van der Waals surface area contributed by atoms with Crippen LogP contribution in [-0.4, -0.2) is 0 Å². The normalized spacial score (nSPS) is 12.0. The van der Waals surface area contributed by atoms with E-state index >= 15 is 0 Å². The van der Waals surface area contributed by atoms with Crippen molar-refractivity contribution in [3.05, 3.63) is 191 Å². The first-order valence-corrected chi connectivity index (χ1v) is 21.5. The van der Waals surface area contributed by atoms with Crippen molar-refractivity contribution in [2.45, 2.75) is 41.5 Å². The second kappa shape index (κ2) is 13.5. The number of nitrogens with zero attached hydrogens (tertiary/aromatic N) is 2. The van der Waals surface area contributed by atoms with Crippen LogP contribution in [-0.2, 0) is 0 Å². The van der Waals surface area contributed by atoms with E-state index in [0.29, 0.717) is 0 Å². The van der Waals surface area contributed by atoms with E-state index in [0.717, 1.165) is 89.1 Å². The number of benzene rings is 10. The fraction of sp³-hybridized carbons (Fsp3) is 0.103. The average molecular weight is 801 g/mol. The molecule has 298 valence electrons. The van der Waals surface area contributed by atoms with Gasteiger partial charge in [-0.05, 0) is 145 Å². The first-order chi connectivity index (χ1) is 30.2. The Bertz CT molecular complexity index is 3500. The Morgan fingerprint density at radius 3 is 1.13 bits per heavy atom. The van der Waals surface area contributed by atoms with Crippen molar-refractivity contribution >= 4 is 110 Å². The van der Waals surface area contributed by atoms with Gasteiger partial charge in [-0.1, -0.05) is 109 Å². The lowest BCUT2D eigenvalue weighted by molar-refractivity contribution is 0.668. The standard InChI is InChI=1S/C58H44N2O2/c1-33-27-34(2)30-41(29-33)59(55-37(5)15-21-45-43-11-7-9-13-51(43)61-57(45)55)49-25-19-39-18-24-48-50(26-20-40-17-23-47(49)53(39)54(40)48)60(42-31-35(3)28-36(4)32-42)56-38(6)16-22-46-44-12-8-10-14-52(44)62-58(46)56/h7-32H,1-6H3. The molecule has 0 aliphatic heterocycles. The molecule has 4 nitrogen and oxygen atoms in total. The van der Waals surface area contributed by atoms with E-state index in [9.17, 15) is 0 Å². The molecular weight excluding hydrogens is 757 g/mol. The van der Waals surface area contributed by atoms with Gasteiger partial charge < -0.3 is 18.6 Å². The fourth-order valence-electron chi connectivity index (χ4n) is 10.4. The highest BCUT2D eigenvalue weighted by atomic mass is 16.3. The summed E-state index contributed by atoms with van der Waals surface area (Å²) in [6, 6.07) is 57.8. The molecule has 2 heterocycles. The van der Waals surface area contributed by atoms with Crippen LogP contribution >= 0.6 is 0 Å². The van der Waals surface area contributed by atoms with Gasteiger partial charge in [0.2, 0.25) is 0 Å². The van der Waals surface area contributed by atoms with Gasteiger partial charge in [0.15, 0.2) is 11.2 Å². The van der Waals surface area contributed by atoms with E-state index in [1.807, 2.05) is 12.1 Å². The number of aryl methyl sites for hydroxylation is 6. The molecule has 0 atom stereocenters. The minimum atomic E-state index is 0.887. The van der Waals surface area contributed by atoms with Crippen LogP contribution in [0.5, 0.6) is 0 Å². The molecule has 0 radical (unpaired) electrons. The van der Waals surface area contributed by atoms with Crippen LogP contribution in [0.1, 0.15) is 33.4 Å². The molecule has 12 aromatic rings. The summed E-state index contributed by atoms with van der Waals surface area (Å²) in [7, 11) is 0. The zero-order valence-corrected chi connectivity index (χ0v) is 35.7. The van der Waals surface area contributed by atoms with Crippen LogP contribution in [0, 0.1) is 41.5 Å². The molecule has 0 aliphatic carbocycles. The molecule has 0 bridgehead atoms. The third kappa shape index (κ3) is 5.39. The lowest BCUT2D eigenvalue weighted by Crippen LogP contribution is -2.13. The predicted octanol–water partition coefficient (Wildman–Crippen LogP) is 17.2. The molecule has 10 aromatic carbocycles. The Kier molecular flexibility index (Phi) is 7.89. The average Bonchev–Trinajstić information content (AvgIpc) is 3.83. The quantitative estimate of drug-likeness (QED) is 0.157. The fourth-order valence-corrected chi connectivity index (χ4v) is 10.4. The van der Waals surface area contributed by atoms with Crippen LogP contribution in [0.25, 0.3) is 76.2 Å². The zero-order valence-electron chi connectivity index (χ0n) is 35.7. The van der Waals surface area contributed by atoms with Crippen molar-refractivity contribution in [1.29, 1.82) is 0 Å². The molecule has 0 amide bonds. The van der Waals surface area contributed by atoms with E-state index in [1.54, 1.807) is 0 Å². The second-order valence-corrected chi connectivity index (χ2v) is 17.4. The number of hydrogen-bond acceptors (Lipinski definition) is 4. The van der Waals surface area contributed by atoms with Crippen molar-refractivity contribution in [2.24, 2.45) is 0 Å². The molecular formula is C58H44N2O2. The number of rotatable bonds is 6. The van der Waals surface area contributed by atoms with Crippen molar-refractivity contribution in [3.8, 4) is 0 Å². The highest BCUT2D eigenvalue weighted by Gasteiger charge is 2.27. The molecule has 2 aromatic heterocycles. The molecule has 0 spiro atoms. The Hall–Kier alpha value is -7.56. The van der Waals surface area contributed by atoms with Gasteiger partial charge in [0, 0.05) is 43.7 Å². The summed E-state index contributed by atoms with van der Waals surface area (Å²) >= 11 is 0. The summed E-state index contributed by atoms with van der Waals surface area (Å²) in [5, 5.41) is 11.7. The van der Waals surface area contributed by atoms with Crippen LogP contribution < -0.4 is 9.80 Å². The van der Waals surface area contributed by atoms with Gasteiger partial charge in [-0.25, -0.2) is 0 Å². The highest BCUT2D eigenvalue weighted by molar-refractivity contribution is 6.29. The van der Waals surface area contributed by atoms with Crippen LogP contribution in [0.2, 0.25) is 0 Å². The third-order valence-corrected chi connectivity index (χ3v) is 12.9. The molecule has 0 unspecified atom stereocenters. The monoisotopic (exact) mass is 800 g/mol. The summed E-state index contributed by atoms with van der Waals surface area (Å²) in [6.07, 6.45) is 0. The smallest absolute Gasteiger partial charge is 0.159 e. The Balaban J connectivity index is 1.17. The number of furan rings is 2. The van der Waals surface area contributed by atoms with Gasteiger partial charge in [-0.2, -0.15) is 0 Å². The van der Waals surface area contributed by atoms with Crippen molar-refractivity contribution in [3.63, 3.8) is 0 Å². The minimum absolute atomic E-state index is 0.887. The van der Waals surface area contributed by atoms with Gasteiger partial charge in [0.1, 0.15) is 11.2 Å². The maximum atomic E-state index is 6.82. The highest BCUT2D eigenvalue weighted by Crippen LogP contribution is 2.51. The Labute approximate surface area is 360 Å². The molecule has 62 heavy (non-hydrogen) atoms. The molecule has 0 saturated heterocycles. The number of anilines is 6. The molecule has 0 fully saturated rings. The van der Waals surface area contributed by atoms with Gasteiger partial charge in [0.05, 0.1) is 22.7 Å². The van der Waals surface area contributed by atoms with Crippen LogP contribution in [0.4, 0.5) is 34.1 Å². The molecule has 0 saturated carbocycles. The lowest BCUT2D eigenvalue weighted by atomic mass is 9.91. The topological polar surface area (TPSA) is 32.8 Å². The Morgan fingerprint density at radius 1 is 0.339 bits per heavy atom. The van der Waals surface area contributed by atoms with E-state index in [-0.39, 0.29) is 0 Å². The lowest BCUT2D eigenvalue weighted by Gasteiger charge is -2.31. The summed E-state index contributed by atoms with van der Waals surface area (Å²) in [5.41, 5.74) is 17.2. The van der Waals surface area contributed by atoms with Crippen LogP contribution in [0.3, 0.4) is 0 Å². The maximum absolute atomic E-state index is 6.82. The Morgan fingerprint density at radius 2 is 0.710 bits per heavy atom. The maximum Gasteiger partial charge on any atom is 0.159 e. The van der Waals surface area contributed by atoms with Crippen LogP contribution in [0.15, 0.2) is 167 Å². The zero-order chi connectivity index (χ0) is 42.0. The molecule has 4 heteroatoms. The van der Waals surface area contributed by atoms with Crippen molar-refractivity contribution < 1.29 is 8.83 Å². The molecule has 0 aliphatic rings. The minimum Gasteiger partial charge on any atom is -0.454 e. The predicted molar refractivity (Wildman–Crippen MR) is 262 cm³/mol. The van der Waals surface area contributed by atoms with E-state index in [4.69, 9.17) is 8.83 Å². The van der Waals surface area contributed by atoms with E-state index in [2.05, 4.69) is 197 Å². The van der Waals surface area contributed by atoms with E-state index in [1.165, 1.54) is 54.6 Å². The van der Waals surface area contributed by atoms with Crippen molar-refractivity contribution in [2.75, 3.05) is 9.80 Å². The first-order valence-electron chi connectivity index (χ1n) is 21.5. The SMILES string of the molecule is Cc1cc(C)cc(N(c2ccc3ccc4c(N(c5cc(C)cc(C)c5)c5c(C)ccc6c5oc5ccccc56)ccc5ccc2c3c54)c2c(C)ccc3c2oc2ccccc23)c1. The van der Waals surface area contributed by atoms with Gasteiger partial charge in [0.25, 0.3) is 0 Å².